The van der Waals surface area contributed by atoms with Gasteiger partial charge in [-0.15, -0.1) is 0 Å². The lowest BCUT2D eigenvalue weighted by Crippen LogP contribution is -2.27. The van der Waals surface area contributed by atoms with Crippen molar-refractivity contribution >= 4 is 11.6 Å². The van der Waals surface area contributed by atoms with E-state index < -0.39 is 0 Å². The van der Waals surface area contributed by atoms with E-state index in [1.54, 1.807) is 0 Å². The van der Waals surface area contributed by atoms with Crippen molar-refractivity contribution < 1.29 is 0 Å². The Morgan fingerprint density at radius 1 is 1.00 bits per heavy atom. The van der Waals surface area contributed by atoms with Crippen LogP contribution in [0.1, 0.15) is 47.1 Å². The molecule has 1 aromatic carbocycles. The Bertz CT molecular complexity index is 417. The maximum Gasteiger partial charge on any atom is 0.193 e. The van der Waals surface area contributed by atoms with Crippen molar-refractivity contribution in [3.63, 3.8) is 0 Å². The normalized spacial score (nSPS) is 13.6. The molecule has 3 heteroatoms. The number of rotatable bonds is 1. The van der Waals surface area contributed by atoms with Crippen molar-refractivity contribution in [2.75, 3.05) is 5.32 Å². The molecule has 1 rings (SSSR count). The van der Waals surface area contributed by atoms with Crippen molar-refractivity contribution in [1.82, 2.24) is 0 Å². The fourth-order valence-electron chi connectivity index (χ4n) is 1.59. The Labute approximate surface area is 111 Å². The topological polar surface area (TPSA) is 50.4 Å². The number of hydrogen-bond donors (Lipinski definition) is 2. The predicted molar refractivity (Wildman–Crippen MR) is 80.1 cm³/mol. The molecule has 3 N–H and O–H groups in total. The van der Waals surface area contributed by atoms with Crippen LogP contribution in [0.3, 0.4) is 0 Å². The first kappa shape index (κ1) is 14.6. The van der Waals surface area contributed by atoms with Gasteiger partial charge in [-0.25, -0.2) is 4.99 Å². The maximum atomic E-state index is 5.85. The molecule has 0 heterocycles. The summed E-state index contributed by atoms with van der Waals surface area (Å²) in [4.78, 5) is 4.36. The molecule has 0 aliphatic rings. The van der Waals surface area contributed by atoms with E-state index in [2.05, 4.69) is 43.2 Å². The van der Waals surface area contributed by atoms with Crippen LogP contribution in [-0.2, 0) is 5.41 Å². The number of aliphatic imine (C=N–C) groups is 1. The van der Waals surface area contributed by atoms with Crippen LogP contribution in [0.5, 0.6) is 0 Å². The Morgan fingerprint density at radius 2 is 1.50 bits per heavy atom. The minimum absolute atomic E-state index is 0.164. The minimum Gasteiger partial charge on any atom is -0.370 e. The quantitative estimate of drug-likeness (QED) is 0.589. The molecule has 0 aliphatic heterocycles. The second kappa shape index (κ2) is 5.01. The fraction of sp³-hybridized carbons (Fsp3) is 0.533. The van der Waals surface area contributed by atoms with Gasteiger partial charge >= 0.3 is 0 Å². The Morgan fingerprint density at radius 3 is 1.89 bits per heavy atom. The van der Waals surface area contributed by atoms with Gasteiger partial charge in [0.2, 0.25) is 0 Å². The van der Waals surface area contributed by atoms with Gasteiger partial charge in [0, 0.05) is 5.69 Å². The minimum atomic E-state index is -0.164. The Kier molecular flexibility index (Phi) is 4.05. The van der Waals surface area contributed by atoms with Crippen molar-refractivity contribution in [3.8, 4) is 0 Å². The lowest BCUT2D eigenvalue weighted by molar-refractivity contribution is 0.583. The summed E-state index contributed by atoms with van der Waals surface area (Å²) in [7, 11) is 0. The Hall–Kier alpha value is -1.51. The average Bonchev–Trinajstić information content (AvgIpc) is 2.13. The van der Waals surface area contributed by atoms with Crippen LogP contribution >= 0.6 is 0 Å². The number of nitrogens with one attached hydrogen (secondary N) is 1. The molecule has 100 valence electrons. The van der Waals surface area contributed by atoms with Crippen molar-refractivity contribution in [2.24, 2.45) is 10.7 Å². The highest BCUT2D eigenvalue weighted by molar-refractivity contribution is 5.92. The second-order valence-electron chi connectivity index (χ2n) is 6.62. The van der Waals surface area contributed by atoms with E-state index >= 15 is 0 Å². The lowest BCUT2D eigenvalue weighted by Gasteiger charge is -2.19. The van der Waals surface area contributed by atoms with E-state index in [1.807, 2.05) is 32.9 Å². The third-order valence-corrected chi connectivity index (χ3v) is 2.48. The zero-order chi connectivity index (χ0) is 14.0. The molecule has 0 atom stereocenters. The van der Waals surface area contributed by atoms with Crippen molar-refractivity contribution in [3.05, 3.63) is 29.8 Å². The predicted octanol–water partition coefficient (Wildman–Crippen LogP) is 3.51. The molecule has 3 nitrogen and oxygen atoms in total. The number of nitrogens with zero attached hydrogens (tertiary/aromatic N) is 1. The van der Waals surface area contributed by atoms with Gasteiger partial charge in [0.25, 0.3) is 0 Å². The first-order valence-electron chi connectivity index (χ1n) is 6.31. The van der Waals surface area contributed by atoms with E-state index in [0.29, 0.717) is 5.96 Å². The summed E-state index contributed by atoms with van der Waals surface area (Å²) in [5.41, 5.74) is 8.13. The third kappa shape index (κ3) is 4.78. The van der Waals surface area contributed by atoms with Crippen LogP contribution in [0.15, 0.2) is 29.3 Å². The maximum absolute atomic E-state index is 5.85. The first-order chi connectivity index (χ1) is 8.08. The monoisotopic (exact) mass is 247 g/mol. The van der Waals surface area contributed by atoms with Crippen LogP contribution in [0.4, 0.5) is 5.69 Å². The number of hydrogen-bond acceptors (Lipinski definition) is 1. The smallest absolute Gasteiger partial charge is 0.193 e. The van der Waals surface area contributed by atoms with E-state index in [0.717, 1.165) is 5.69 Å². The highest BCUT2D eigenvalue weighted by Gasteiger charge is 2.13. The summed E-state index contributed by atoms with van der Waals surface area (Å²) in [5, 5.41) is 3.10. The molecule has 0 saturated heterocycles. The van der Waals surface area contributed by atoms with Gasteiger partial charge in [-0.3, -0.25) is 0 Å². The van der Waals surface area contributed by atoms with E-state index in [-0.39, 0.29) is 11.0 Å². The largest absolute Gasteiger partial charge is 0.370 e. The number of anilines is 1. The molecule has 1 aromatic rings. The van der Waals surface area contributed by atoms with Gasteiger partial charge in [-0.05, 0) is 43.9 Å². The van der Waals surface area contributed by atoms with Gasteiger partial charge < -0.3 is 11.1 Å². The lowest BCUT2D eigenvalue weighted by atomic mass is 9.87. The van der Waals surface area contributed by atoms with Gasteiger partial charge in [0.1, 0.15) is 0 Å². The molecule has 0 spiro atoms. The molecule has 18 heavy (non-hydrogen) atoms. The average molecular weight is 247 g/mol. The SMILES string of the molecule is CC(C)(C)N=C(N)Nc1ccc(C(C)(C)C)cc1. The van der Waals surface area contributed by atoms with E-state index in [9.17, 15) is 0 Å². The summed E-state index contributed by atoms with van der Waals surface area (Å²) in [6.07, 6.45) is 0. The molecule has 0 radical (unpaired) electrons. The molecular weight excluding hydrogens is 222 g/mol. The molecular formula is C15H25N3. The highest BCUT2D eigenvalue weighted by atomic mass is 15.1. The second-order valence-corrected chi connectivity index (χ2v) is 6.62. The van der Waals surface area contributed by atoms with Gasteiger partial charge in [0.15, 0.2) is 5.96 Å². The van der Waals surface area contributed by atoms with E-state index in [4.69, 9.17) is 5.73 Å². The molecule has 0 bridgehead atoms. The summed E-state index contributed by atoms with van der Waals surface area (Å²) in [6, 6.07) is 8.30. The van der Waals surface area contributed by atoms with Crippen LogP contribution in [-0.4, -0.2) is 11.5 Å². The summed E-state index contributed by atoms with van der Waals surface area (Å²) in [5.74, 6) is 0.450. The first-order valence-corrected chi connectivity index (χ1v) is 6.31. The van der Waals surface area contributed by atoms with Crippen LogP contribution in [0, 0.1) is 0 Å². The summed E-state index contributed by atoms with van der Waals surface area (Å²) >= 11 is 0. The Balaban J connectivity index is 2.79. The van der Waals surface area contributed by atoms with Gasteiger partial charge in [0.05, 0.1) is 5.54 Å². The van der Waals surface area contributed by atoms with Crippen LogP contribution < -0.4 is 11.1 Å². The molecule has 0 aliphatic carbocycles. The van der Waals surface area contributed by atoms with Crippen molar-refractivity contribution in [1.29, 1.82) is 0 Å². The van der Waals surface area contributed by atoms with Gasteiger partial charge in [-0.1, -0.05) is 32.9 Å². The van der Waals surface area contributed by atoms with Crippen molar-refractivity contribution in [2.45, 2.75) is 52.5 Å². The summed E-state index contributed by atoms with van der Waals surface area (Å²) < 4.78 is 0. The molecule has 0 saturated carbocycles. The molecule has 0 unspecified atom stereocenters. The zero-order valence-corrected chi connectivity index (χ0v) is 12.3. The van der Waals surface area contributed by atoms with Gasteiger partial charge in [-0.2, -0.15) is 0 Å². The molecule has 0 aromatic heterocycles. The fourth-order valence-corrected chi connectivity index (χ4v) is 1.59. The number of benzene rings is 1. The van der Waals surface area contributed by atoms with Crippen LogP contribution in [0.25, 0.3) is 0 Å². The standard InChI is InChI=1S/C15H25N3/c1-14(2,3)11-7-9-12(10-8-11)17-13(16)18-15(4,5)6/h7-10H,1-6H3,(H3,16,17,18). The van der Waals surface area contributed by atoms with Crippen LogP contribution in [0.2, 0.25) is 0 Å². The van der Waals surface area contributed by atoms with E-state index in [1.165, 1.54) is 5.56 Å². The highest BCUT2D eigenvalue weighted by Crippen LogP contribution is 2.23. The zero-order valence-electron chi connectivity index (χ0n) is 12.3. The summed E-state index contributed by atoms with van der Waals surface area (Å²) in [6.45, 7) is 12.7. The molecule has 0 amide bonds. The third-order valence-electron chi connectivity index (χ3n) is 2.48. The molecule has 0 fully saturated rings. The number of guanidine groups is 1. The number of nitrogens with two attached hydrogens (primary N) is 1.